The lowest BCUT2D eigenvalue weighted by molar-refractivity contribution is -0.0809. The highest BCUT2D eigenvalue weighted by molar-refractivity contribution is 5.11. The van der Waals surface area contributed by atoms with Crippen LogP contribution in [0.25, 0.3) is 0 Å². The van der Waals surface area contributed by atoms with Gasteiger partial charge >= 0.3 is 0 Å². The Bertz CT molecular complexity index is 147. The van der Waals surface area contributed by atoms with Crippen LogP contribution in [0, 0.1) is 11.3 Å². The molecule has 0 saturated heterocycles. The molecule has 0 saturated carbocycles. The fourth-order valence-corrected chi connectivity index (χ4v) is 0.620. The predicted molar refractivity (Wildman–Crippen MR) is 27.0 cm³/mol. The Morgan fingerprint density at radius 3 is 2.88 bits per heavy atom. The zero-order valence-corrected chi connectivity index (χ0v) is 4.28. The van der Waals surface area contributed by atoms with Crippen LogP contribution in [0.15, 0.2) is 12.2 Å². The molecule has 8 heavy (non-hydrogen) atoms. The van der Waals surface area contributed by atoms with Crippen molar-refractivity contribution in [2.24, 2.45) is 0 Å². The van der Waals surface area contributed by atoms with Gasteiger partial charge in [-0.1, -0.05) is 12.2 Å². The van der Waals surface area contributed by atoms with Crippen LogP contribution in [0.3, 0.4) is 0 Å². The first-order valence-electron chi connectivity index (χ1n) is 2.36. The Hall–Kier alpha value is -0.850. The first kappa shape index (κ1) is 5.29. The van der Waals surface area contributed by atoms with E-state index in [-0.39, 0.29) is 0 Å². The topological polar surface area (TPSA) is 47.3 Å². The molecule has 0 radical (unpaired) electrons. The minimum Gasteiger partial charge on any atom is -0.312 e. The molecular formula is C5H6N2O. The second kappa shape index (κ2) is 1.95. The second-order valence-electron chi connectivity index (χ2n) is 1.62. The van der Waals surface area contributed by atoms with Gasteiger partial charge < -0.3 is 5.21 Å². The third-order valence-electron chi connectivity index (χ3n) is 1.06. The summed E-state index contributed by atoms with van der Waals surface area (Å²) in [4.78, 5) is 0. The summed E-state index contributed by atoms with van der Waals surface area (Å²) >= 11 is 0. The van der Waals surface area contributed by atoms with E-state index in [1.807, 2.05) is 6.07 Å². The highest BCUT2D eigenvalue weighted by atomic mass is 16.5. The Morgan fingerprint density at radius 1 is 1.88 bits per heavy atom. The lowest BCUT2D eigenvalue weighted by Crippen LogP contribution is -2.24. The average molecular weight is 110 g/mol. The summed E-state index contributed by atoms with van der Waals surface area (Å²) in [5.41, 5.74) is 0. The summed E-state index contributed by atoms with van der Waals surface area (Å²) in [5, 5.41) is 18.0. The molecule has 0 bridgehead atoms. The molecule has 42 valence electrons. The summed E-state index contributed by atoms with van der Waals surface area (Å²) in [7, 11) is 0. The van der Waals surface area contributed by atoms with Gasteiger partial charge in [0.25, 0.3) is 0 Å². The molecule has 1 aliphatic heterocycles. The molecule has 0 aromatic carbocycles. The first-order chi connectivity index (χ1) is 3.84. The standard InChI is InChI=1S/C5H6N2O/c6-4-5-2-1-3-7(5)8/h1-2,5,8H,3H2. The zero-order valence-electron chi connectivity index (χ0n) is 4.28. The van der Waals surface area contributed by atoms with Crippen molar-refractivity contribution in [2.45, 2.75) is 6.04 Å². The third kappa shape index (κ3) is 0.713. The van der Waals surface area contributed by atoms with Crippen LogP contribution in [0.1, 0.15) is 0 Å². The highest BCUT2D eigenvalue weighted by Gasteiger charge is 2.14. The van der Waals surface area contributed by atoms with Crippen LogP contribution in [0.5, 0.6) is 0 Å². The van der Waals surface area contributed by atoms with Crippen molar-refractivity contribution in [3.05, 3.63) is 12.2 Å². The van der Waals surface area contributed by atoms with Crippen molar-refractivity contribution >= 4 is 0 Å². The van der Waals surface area contributed by atoms with Crippen molar-refractivity contribution in [2.75, 3.05) is 6.54 Å². The Balaban J connectivity index is 2.57. The maximum atomic E-state index is 8.74. The molecule has 0 fully saturated rings. The molecule has 3 nitrogen and oxygen atoms in total. The van der Waals surface area contributed by atoms with E-state index in [0.717, 1.165) is 5.06 Å². The Labute approximate surface area is 47.4 Å². The zero-order chi connectivity index (χ0) is 5.98. The molecule has 0 amide bonds. The van der Waals surface area contributed by atoms with Crippen molar-refractivity contribution in [1.82, 2.24) is 5.06 Å². The molecular weight excluding hydrogens is 104 g/mol. The molecule has 1 heterocycles. The van der Waals surface area contributed by atoms with Crippen LogP contribution in [-0.2, 0) is 0 Å². The summed E-state index contributed by atoms with van der Waals surface area (Å²) in [6.07, 6.45) is 3.42. The third-order valence-corrected chi connectivity index (χ3v) is 1.06. The summed E-state index contributed by atoms with van der Waals surface area (Å²) in [5.74, 6) is 0. The minimum atomic E-state index is -0.421. The lowest BCUT2D eigenvalue weighted by Gasteiger charge is -2.07. The number of hydrogen-bond donors (Lipinski definition) is 1. The summed E-state index contributed by atoms with van der Waals surface area (Å²) in [6, 6.07) is 1.48. The van der Waals surface area contributed by atoms with Gasteiger partial charge in [-0.25, -0.2) is 0 Å². The molecule has 1 N–H and O–H groups in total. The monoisotopic (exact) mass is 110 g/mol. The largest absolute Gasteiger partial charge is 0.312 e. The van der Waals surface area contributed by atoms with E-state index in [1.165, 1.54) is 0 Å². The van der Waals surface area contributed by atoms with Crippen LogP contribution in [0.4, 0.5) is 0 Å². The summed E-state index contributed by atoms with van der Waals surface area (Å²) < 4.78 is 0. The van der Waals surface area contributed by atoms with E-state index in [2.05, 4.69) is 0 Å². The van der Waals surface area contributed by atoms with E-state index >= 15 is 0 Å². The SMILES string of the molecule is N#CC1C=CCN1O. The van der Waals surface area contributed by atoms with Gasteiger partial charge in [0, 0.05) is 6.54 Å². The summed E-state index contributed by atoms with van der Waals surface area (Å²) in [6.45, 7) is 0.470. The molecule has 0 spiro atoms. The Kier molecular flexibility index (Phi) is 1.29. The van der Waals surface area contributed by atoms with Crippen molar-refractivity contribution < 1.29 is 5.21 Å². The number of nitriles is 1. The molecule has 1 unspecified atom stereocenters. The fourth-order valence-electron chi connectivity index (χ4n) is 0.620. The van der Waals surface area contributed by atoms with Crippen LogP contribution in [0.2, 0.25) is 0 Å². The van der Waals surface area contributed by atoms with E-state index in [1.54, 1.807) is 12.2 Å². The molecule has 0 aromatic heterocycles. The van der Waals surface area contributed by atoms with E-state index in [9.17, 15) is 0 Å². The van der Waals surface area contributed by atoms with Gasteiger partial charge in [-0.3, -0.25) is 0 Å². The average Bonchev–Trinajstić information content (AvgIpc) is 2.14. The van der Waals surface area contributed by atoms with E-state index in [4.69, 9.17) is 10.5 Å². The van der Waals surface area contributed by atoms with E-state index < -0.39 is 6.04 Å². The normalized spacial score (nSPS) is 28.2. The number of hydrogen-bond acceptors (Lipinski definition) is 3. The van der Waals surface area contributed by atoms with Crippen LogP contribution < -0.4 is 0 Å². The lowest BCUT2D eigenvalue weighted by atomic mass is 10.4. The quantitative estimate of drug-likeness (QED) is 0.451. The van der Waals surface area contributed by atoms with Gasteiger partial charge in [-0.2, -0.15) is 10.3 Å². The van der Waals surface area contributed by atoms with Gasteiger partial charge in [0.05, 0.1) is 6.07 Å². The maximum Gasteiger partial charge on any atom is 0.140 e. The molecule has 0 aliphatic carbocycles. The Morgan fingerprint density at radius 2 is 2.62 bits per heavy atom. The van der Waals surface area contributed by atoms with Gasteiger partial charge in [0.15, 0.2) is 0 Å². The molecule has 1 rings (SSSR count). The van der Waals surface area contributed by atoms with Gasteiger partial charge in [0.2, 0.25) is 0 Å². The van der Waals surface area contributed by atoms with E-state index in [0.29, 0.717) is 6.54 Å². The van der Waals surface area contributed by atoms with Crippen molar-refractivity contribution in [3.8, 4) is 6.07 Å². The number of rotatable bonds is 0. The highest BCUT2D eigenvalue weighted by Crippen LogP contribution is 2.03. The van der Waals surface area contributed by atoms with Gasteiger partial charge in [-0.05, 0) is 0 Å². The number of nitrogens with zero attached hydrogens (tertiary/aromatic N) is 2. The van der Waals surface area contributed by atoms with Crippen molar-refractivity contribution in [3.63, 3.8) is 0 Å². The molecule has 1 atom stereocenters. The fraction of sp³-hybridized carbons (Fsp3) is 0.400. The van der Waals surface area contributed by atoms with Gasteiger partial charge in [-0.15, -0.1) is 0 Å². The van der Waals surface area contributed by atoms with Crippen LogP contribution in [-0.4, -0.2) is 22.9 Å². The smallest absolute Gasteiger partial charge is 0.140 e. The maximum absolute atomic E-state index is 8.74. The first-order valence-corrected chi connectivity index (χ1v) is 2.36. The minimum absolute atomic E-state index is 0.421. The second-order valence-corrected chi connectivity index (χ2v) is 1.62. The van der Waals surface area contributed by atoms with Crippen molar-refractivity contribution in [1.29, 1.82) is 5.26 Å². The van der Waals surface area contributed by atoms with Crippen LogP contribution >= 0.6 is 0 Å². The number of hydroxylamine groups is 2. The molecule has 3 heteroatoms. The molecule has 0 aromatic rings. The predicted octanol–water partition coefficient (Wildman–Crippen LogP) is 0.140. The van der Waals surface area contributed by atoms with Gasteiger partial charge in [0.1, 0.15) is 6.04 Å². The molecule has 1 aliphatic rings.